The molecule has 0 aliphatic heterocycles. The maximum absolute atomic E-state index is 6.05. The molecular weight excluding hydrogens is 394 g/mol. The van der Waals surface area contributed by atoms with E-state index in [1.165, 1.54) is 5.56 Å². The van der Waals surface area contributed by atoms with Crippen molar-refractivity contribution >= 4 is 34.0 Å². The fraction of sp³-hybridized carbons (Fsp3) is 0.125. The van der Waals surface area contributed by atoms with Gasteiger partial charge in [0.15, 0.2) is 5.65 Å². The molecule has 0 unspecified atom stereocenters. The van der Waals surface area contributed by atoms with Gasteiger partial charge >= 0.3 is 0 Å². The maximum atomic E-state index is 6.05. The van der Waals surface area contributed by atoms with Crippen LogP contribution in [0.2, 0.25) is 5.02 Å². The van der Waals surface area contributed by atoms with Crippen molar-refractivity contribution < 1.29 is 0 Å². The van der Waals surface area contributed by atoms with Crippen molar-refractivity contribution in [3.63, 3.8) is 0 Å². The van der Waals surface area contributed by atoms with E-state index in [-0.39, 0.29) is 0 Å². The minimum atomic E-state index is 0.349. The lowest BCUT2D eigenvalue weighted by molar-refractivity contribution is 0.802. The Balaban J connectivity index is 1.58. The Kier molecular flexibility index (Phi) is 4.81. The highest BCUT2D eigenvalue weighted by atomic mass is 35.5. The first-order valence-corrected chi connectivity index (χ1v) is 10.3. The van der Waals surface area contributed by atoms with Gasteiger partial charge in [-0.1, -0.05) is 78.3 Å². The molecule has 1 atom stereocenters. The fourth-order valence-corrected chi connectivity index (χ4v) is 3.77. The summed E-state index contributed by atoms with van der Waals surface area (Å²) in [6.45, 7) is 2.98. The molecule has 0 fully saturated rings. The van der Waals surface area contributed by atoms with Crippen LogP contribution in [0.3, 0.4) is 0 Å². The van der Waals surface area contributed by atoms with Crippen LogP contribution in [0.15, 0.2) is 78.9 Å². The molecule has 2 aromatic heterocycles. The van der Waals surface area contributed by atoms with Crippen LogP contribution in [-0.2, 0) is 0 Å². The second kappa shape index (κ2) is 7.76. The average molecular weight is 414 g/mol. The van der Waals surface area contributed by atoms with E-state index in [1.807, 2.05) is 48.5 Å². The van der Waals surface area contributed by atoms with Crippen molar-refractivity contribution in [3.05, 3.63) is 89.4 Å². The molecule has 5 rings (SSSR count). The van der Waals surface area contributed by atoms with Crippen molar-refractivity contribution in [2.45, 2.75) is 12.8 Å². The molecule has 0 bridgehead atoms. The number of rotatable bonds is 5. The van der Waals surface area contributed by atoms with E-state index in [0.717, 1.165) is 34.5 Å². The molecule has 1 N–H and O–H groups in total. The number of aromatic nitrogens is 4. The molecule has 5 nitrogen and oxygen atoms in total. The maximum Gasteiger partial charge on any atom is 0.186 e. The third kappa shape index (κ3) is 3.37. The van der Waals surface area contributed by atoms with E-state index in [4.69, 9.17) is 16.6 Å². The molecule has 0 radical (unpaired) electrons. The summed E-state index contributed by atoms with van der Waals surface area (Å²) in [6, 6.07) is 26.2. The van der Waals surface area contributed by atoms with E-state index in [2.05, 4.69) is 52.9 Å². The van der Waals surface area contributed by atoms with Crippen LogP contribution < -0.4 is 5.32 Å². The zero-order valence-electron chi connectivity index (χ0n) is 16.5. The van der Waals surface area contributed by atoms with Gasteiger partial charge in [0.2, 0.25) is 0 Å². The first kappa shape index (κ1) is 18.6. The Morgan fingerprint density at radius 3 is 2.47 bits per heavy atom. The van der Waals surface area contributed by atoms with Crippen LogP contribution in [0, 0.1) is 0 Å². The van der Waals surface area contributed by atoms with Gasteiger partial charge in [-0.3, -0.25) is 0 Å². The average Bonchev–Trinajstić information content (AvgIpc) is 3.22. The molecule has 6 heteroatoms. The van der Waals surface area contributed by atoms with Gasteiger partial charge in [-0.25, -0.2) is 4.98 Å². The number of para-hydroxylation sites is 1. The normalized spacial score (nSPS) is 12.3. The molecule has 0 saturated carbocycles. The quantitative estimate of drug-likeness (QED) is 0.394. The summed E-state index contributed by atoms with van der Waals surface area (Å²) in [6.07, 6.45) is 0. The van der Waals surface area contributed by atoms with Crippen LogP contribution in [0.1, 0.15) is 18.4 Å². The van der Waals surface area contributed by atoms with Gasteiger partial charge < -0.3 is 5.32 Å². The molecule has 5 aromatic rings. The summed E-state index contributed by atoms with van der Waals surface area (Å²) in [5, 5.41) is 14.0. The molecule has 30 heavy (non-hydrogen) atoms. The van der Waals surface area contributed by atoms with E-state index in [1.54, 1.807) is 4.52 Å². The molecule has 0 amide bonds. The molecule has 148 valence electrons. The van der Waals surface area contributed by atoms with Crippen molar-refractivity contribution in [1.82, 2.24) is 19.8 Å². The zero-order valence-corrected chi connectivity index (χ0v) is 17.2. The highest BCUT2D eigenvalue weighted by Gasteiger charge is 2.16. The van der Waals surface area contributed by atoms with E-state index in [9.17, 15) is 0 Å². The molecular formula is C24H20ClN5. The summed E-state index contributed by atoms with van der Waals surface area (Å²) in [7, 11) is 0. The number of nitrogens with zero attached hydrogens (tertiary/aromatic N) is 4. The fourth-order valence-electron chi connectivity index (χ4n) is 3.64. The van der Waals surface area contributed by atoms with Gasteiger partial charge in [-0.15, -0.1) is 5.10 Å². The Morgan fingerprint density at radius 1 is 0.933 bits per heavy atom. The van der Waals surface area contributed by atoms with Gasteiger partial charge in [0.1, 0.15) is 11.5 Å². The Morgan fingerprint density at radius 2 is 1.67 bits per heavy atom. The van der Waals surface area contributed by atoms with Gasteiger partial charge in [0, 0.05) is 22.5 Å². The molecule has 0 saturated heterocycles. The number of fused-ring (bicyclic) bond motifs is 3. The summed E-state index contributed by atoms with van der Waals surface area (Å²) < 4.78 is 1.80. The number of anilines is 1. The molecule has 0 aliphatic carbocycles. The lowest BCUT2D eigenvalue weighted by atomic mass is 10.0. The van der Waals surface area contributed by atoms with E-state index in [0.29, 0.717) is 16.6 Å². The monoisotopic (exact) mass is 413 g/mol. The van der Waals surface area contributed by atoms with Gasteiger partial charge in [0.25, 0.3) is 0 Å². The number of halogens is 1. The van der Waals surface area contributed by atoms with Crippen LogP contribution in [0.25, 0.3) is 27.8 Å². The van der Waals surface area contributed by atoms with Gasteiger partial charge in [-0.2, -0.15) is 4.52 Å². The number of benzene rings is 3. The van der Waals surface area contributed by atoms with Crippen molar-refractivity contribution in [2.75, 3.05) is 11.9 Å². The van der Waals surface area contributed by atoms with E-state index >= 15 is 0 Å². The summed E-state index contributed by atoms with van der Waals surface area (Å²) in [5.74, 6) is 1.18. The lowest BCUT2D eigenvalue weighted by Crippen LogP contribution is -2.12. The predicted octanol–water partition coefficient (Wildman–Crippen LogP) is 5.81. The second-order valence-electron chi connectivity index (χ2n) is 7.35. The first-order chi connectivity index (χ1) is 14.7. The number of hydrogen-bond donors (Lipinski definition) is 1. The number of hydrogen-bond acceptors (Lipinski definition) is 4. The smallest absolute Gasteiger partial charge is 0.186 e. The van der Waals surface area contributed by atoms with Crippen LogP contribution in [0.5, 0.6) is 0 Å². The van der Waals surface area contributed by atoms with Crippen LogP contribution in [0.4, 0.5) is 5.82 Å². The third-order valence-corrected chi connectivity index (χ3v) is 5.57. The first-order valence-electron chi connectivity index (χ1n) is 9.89. The Bertz CT molecular complexity index is 1310. The largest absolute Gasteiger partial charge is 0.369 e. The van der Waals surface area contributed by atoms with E-state index < -0.39 is 0 Å². The summed E-state index contributed by atoms with van der Waals surface area (Å²) in [4.78, 5) is 4.92. The van der Waals surface area contributed by atoms with Crippen LogP contribution >= 0.6 is 11.6 Å². The predicted molar refractivity (Wildman–Crippen MR) is 122 cm³/mol. The SMILES string of the molecule is C[C@H](CNc1nc2c(-c3ccc(Cl)cc3)nnn2c2ccccc12)c1ccccc1. The second-order valence-corrected chi connectivity index (χ2v) is 7.79. The van der Waals surface area contributed by atoms with Crippen LogP contribution in [-0.4, -0.2) is 26.4 Å². The van der Waals surface area contributed by atoms with Crippen molar-refractivity contribution in [3.8, 4) is 11.3 Å². The zero-order chi connectivity index (χ0) is 20.5. The van der Waals surface area contributed by atoms with Gasteiger partial charge in [-0.05, 0) is 35.7 Å². The number of nitrogens with one attached hydrogen (secondary N) is 1. The highest BCUT2D eigenvalue weighted by molar-refractivity contribution is 6.30. The molecule has 3 aromatic carbocycles. The molecule has 2 heterocycles. The highest BCUT2D eigenvalue weighted by Crippen LogP contribution is 2.29. The minimum absolute atomic E-state index is 0.349. The molecule has 0 aliphatic rings. The lowest BCUT2D eigenvalue weighted by Gasteiger charge is -2.15. The van der Waals surface area contributed by atoms with Crippen molar-refractivity contribution in [1.29, 1.82) is 0 Å². The summed E-state index contributed by atoms with van der Waals surface area (Å²) >= 11 is 6.05. The minimum Gasteiger partial charge on any atom is -0.369 e. The Labute approximate surface area is 179 Å². The standard InChI is InChI=1S/C24H20ClN5/c1-16(17-7-3-2-4-8-17)15-26-23-20-9-5-6-10-21(20)30-24(27-23)22(28-29-30)18-11-13-19(25)14-12-18/h2-14,16H,15H2,1H3,(H,26,27)/t16-/m1/s1. The topological polar surface area (TPSA) is 55.1 Å². The van der Waals surface area contributed by atoms with Gasteiger partial charge in [0.05, 0.1) is 5.52 Å². The third-order valence-electron chi connectivity index (χ3n) is 5.31. The molecule has 0 spiro atoms. The Hall–Kier alpha value is -3.44. The van der Waals surface area contributed by atoms with Crippen molar-refractivity contribution in [2.24, 2.45) is 0 Å². The summed E-state index contributed by atoms with van der Waals surface area (Å²) in [5.41, 5.74) is 4.64.